The summed E-state index contributed by atoms with van der Waals surface area (Å²) < 4.78 is 8.07. The molecule has 1 fully saturated rings. The molecule has 32 heavy (non-hydrogen) atoms. The van der Waals surface area contributed by atoms with Gasteiger partial charge in [0.25, 0.3) is 0 Å². The van der Waals surface area contributed by atoms with Gasteiger partial charge in [-0.05, 0) is 27.7 Å². The second kappa shape index (κ2) is 10.0. The van der Waals surface area contributed by atoms with Crippen LogP contribution in [0.25, 0.3) is 0 Å². The van der Waals surface area contributed by atoms with Crippen molar-refractivity contribution in [1.82, 2.24) is 29.4 Å². The Labute approximate surface area is 191 Å². The third-order valence-electron chi connectivity index (χ3n) is 5.40. The second-order valence-electron chi connectivity index (χ2n) is 7.58. The summed E-state index contributed by atoms with van der Waals surface area (Å²) in [5.74, 6) is -0.375. The van der Waals surface area contributed by atoms with E-state index in [2.05, 4.69) is 15.5 Å². The summed E-state index contributed by atoms with van der Waals surface area (Å²) in [5.41, 5.74) is 1.83. The number of hydrogen-bond acceptors (Lipinski definition) is 6. The molecule has 0 saturated carbocycles. The number of piperazine rings is 1. The first-order chi connectivity index (χ1) is 15.2. The molecule has 12 heteroatoms. The van der Waals surface area contributed by atoms with Crippen molar-refractivity contribution in [2.24, 2.45) is 0 Å². The molecule has 1 atom stereocenters. The van der Waals surface area contributed by atoms with Crippen LogP contribution in [0.3, 0.4) is 0 Å². The van der Waals surface area contributed by atoms with E-state index in [1.807, 2.05) is 0 Å². The molecule has 2 aromatic rings. The van der Waals surface area contributed by atoms with Gasteiger partial charge in [-0.15, -0.1) is 0 Å². The van der Waals surface area contributed by atoms with E-state index in [4.69, 9.17) is 16.3 Å². The van der Waals surface area contributed by atoms with E-state index in [0.29, 0.717) is 54.9 Å². The highest BCUT2D eigenvalue weighted by Gasteiger charge is 2.29. The minimum Gasteiger partial charge on any atom is -0.450 e. The Balaban J connectivity index is 1.58. The number of carbonyl (C=O) groups excluding carboxylic acids is 3. The topological polar surface area (TPSA) is 115 Å². The van der Waals surface area contributed by atoms with Crippen LogP contribution in [0.5, 0.6) is 0 Å². The number of nitrogens with one attached hydrogen (secondary N) is 1. The normalized spacial score (nSPS) is 14.9. The fourth-order valence-electron chi connectivity index (χ4n) is 3.41. The molecule has 11 nitrogen and oxygen atoms in total. The monoisotopic (exact) mass is 465 g/mol. The number of rotatable bonds is 6. The summed E-state index contributed by atoms with van der Waals surface area (Å²) in [5, 5.41) is 11.8. The predicted molar refractivity (Wildman–Crippen MR) is 117 cm³/mol. The molecule has 174 valence electrons. The molecule has 3 heterocycles. The zero-order chi connectivity index (χ0) is 23.4. The van der Waals surface area contributed by atoms with Crippen molar-refractivity contribution in [3.8, 4) is 0 Å². The lowest BCUT2D eigenvalue weighted by molar-refractivity contribution is -0.136. The van der Waals surface area contributed by atoms with Crippen molar-refractivity contribution in [1.29, 1.82) is 0 Å². The minimum atomic E-state index is -0.555. The maximum absolute atomic E-state index is 12.9. The van der Waals surface area contributed by atoms with Crippen LogP contribution in [0.4, 0.5) is 10.5 Å². The number of aromatic nitrogens is 4. The summed E-state index contributed by atoms with van der Waals surface area (Å²) in [6.45, 7) is 9.10. The summed E-state index contributed by atoms with van der Waals surface area (Å²) in [6, 6.07) is -0.555. The summed E-state index contributed by atoms with van der Waals surface area (Å²) in [6.07, 6.45) is 2.78. The van der Waals surface area contributed by atoms with Crippen molar-refractivity contribution in [3.05, 3.63) is 28.8 Å². The molecular formula is C20H28ClN7O4. The second-order valence-corrected chi connectivity index (χ2v) is 7.99. The fourth-order valence-corrected chi connectivity index (χ4v) is 3.55. The van der Waals surface area contributed by atoms with Gasteiger partial charge in [0.15, 0.2) is 0 Å². The highest BCUT2D eigenvalue weighted by molar-refractivity contribution is 6.31. The van der Waals surface area contributed by atoms with Crippen LogP contribution in [-0.2, 0) is 20.9 Å². The molecule has 0 aliphatic carbocycles. The van der Waals surface area contributed by atoms with Crippen molar-refractivity contribution in [3.63, 3.8) is 0 Å². The number of anilines is 1. The van der Waals surface area contributed by atoms with Gasteiger partial charge in [-0.25, -0.2) is 4.79 Å². The Bertz CT molecular complexity index is 994. The lowest BCUT2D eigenvalue weighted by Gasteiger charge is -2.35. The van der Waals surface area contributed by atoms with Crippen LogP contribution in [0.2, 0.25) is 5.02 Å². The van der Waals surface area contributed by atoms with Crippen molar-refractivity contribution >= 4 is 35.2 Å². The van der Waals surface area contributed by atoms with E-state index in [1.165, 1.54) is 10.9 Å². The Morgan fingerprint density at radius 1 is 1.19 bits per heavy atom. The van der Waals surface area contributed by atoms with Gasteiger partial charge in [0.1, 0.15) is 12.6 Å². The van der Waals surface area contributed by atoms with Gasteiger partial charge in [-0.3, -0.25) is 19.0 Å². The van der Waals surface area contributed by atoms with Gasteiger partial charge < -0.3 is 19.9 Å². The van der Waals surface area contributed by atoms with Crippen LogP contribution >= 0.6 is 11.6 Å². The molecule has 1 unspecified atom stereocenters. The Hall–Kier alpha value is -3.08. The van der Waals surface area contributed by atoms with Gasteiger partial charge in [0, 0.05) is 32.4 Å². The number of amides is 3. The average Bonchev–Trinajstić information content (AvgIpc) is 3.29. The van der Waals surface area contributed by atoms with Gasteiger partial charge >= 0.3 is 6.09 Å². The highest BCUT2D eigenvalue weighted by atomic mass is 35.5. The highest BCUT2D eigenvalue weighted by Crippen LogP contribution is 2.19. The maximum Gasteiger partial charge on any atom is 0.409 e. The molecule has 3 amide bonds. The number of halogens is 1. The molecule has 0 aromatic carbocycles. The summed E-state index contributed by atoms with van der Waals surface area (Å²) >= 11 is 5.98. The number of carbonyl (C=O) groups is 3. The molecule has 3 rings (SSSR count). The molecule has 0 radical (unpaired) electrons. The molecule has 0 bridgehead atoms. The van der Waals surface area contributed by atoms with Gasteiger partial charge in [-0.1, -0.05) is 11.6 Å². The molecule has 1 aliphatic heterocycles. The van der Waals surface area contributed by atoms with Crippen molar-refractivity contribution < 1.29 is 19.1 Å². The minimum absolute atomic E-state index is 0.0163. The number of hydrogen-bond donors (Lipinski definition) is 1. The first-order valence-corrected chi connectivity index (χ1v) is 10.8. The van der Waals surface area contributed by atoms with Crippen LogP contribution < -0.4 is 5.32 Å². The average molecular weight is 466 g/mol. The maximum atomic E-state index is 12.9. The van der Waals surface area contributed by atoms with Crippen molar-refractivity contribution in [2.75, 3.05) is 38.1 Å². The van der Waals surface area contributed by atoms with Crippen LogP contribution in [0.15, 0.2) is 12.4 Å². The molecule has 1 saturated heterocycles. The first-order valence-electron chi connectivity index (χ1n) is 10.4. The zero-order valence-corrected chi connectivity index (χ0v) is 19.4. The van der Waals surface area contributed by atoms with Gasteiger partial charge in [-0.2, -0.15) is 10.2 Å². The lowest BCUT2D eigenvalue weighted by Crippen LogP contribution is -2.52. The third-order valence-corrected chi connectivity index (χ3v) is 5.77. The van der Waals surface area contributed by atoms with E-state index in [0.717, 1.165) is 0 Å². The number of nitrogens with zero attached hydrogens (tertiary/aromatic N) is 6. The van der Waals surface area contributed by atoms with E-state index < -0.39 is 6.04 Å². The summed E-state index contributed by atoms with van der Waals surface area (Å²) in [7, 11) is 0. The third kappa shape index (κ3) is 5.21. The molecule has 0 spiro atoms. The Morgan fingerprint density at radius 2 is 1.84 bits per heavy atom. The van der Waals surface area contributed by atoms with Crippen molar-refractivity contribution in [2.45, 2.75) is 40.3 Å². The number of aryl methyl sites for hydroxylation is 1. The zero-order valence-electron chi connectivity index (χ0n) is 18.7. The molecule has 1 N–H and O–H groups in total. The molecule has 2 aromatic heterocycles. The molecular weight excluding hydrogens is 438 g/mol. The predicted octanol–water partition coefficient (Wildman–Crippen LogP) is 1.85. The van der Waals surface area contributed by atoms with Gasteiger partial charge in [0.05, 0.1) is 34.9 Å². The van der Waals surface area contributed by atoms with Crippen LogP contribution in [0.1, 0.15) is 31.3 Å². The van der Waals surface area contributed by atoms with E-state index in [1.54, 1.807) is 48.4 Å². The van der Waals surface area contributed by atoms with E-state index >= 15 is 0 Å². The number of ether oxygens (including phenoxy) is 1. The summed E-state index contributed by atoms with van der Waals surface area (Å²) in [4.78, 5) is 40.5. The first kappa shape index (κ1) is 23.6. The Morgan fingerprint density at radius 3 is 2.44 bits per heavy atom. The Kier molecular flexibility index (Phi) is 7.39. The lowest BCUT2D eigenvalue weighted by atomic mass is 10.2. The van der Waals surface area contributed by atoms with E-state index in [-0.39, 0.29) is 24.5 Å². The standard InChI is InChI=1S/C20H28ClN7O4/c1-5-32-20(31)26-8-6-25(7-9-26)19(30)15(4)28-11-17(13(2)24-28)23-18(29)12-27-14(3)16(21)10-22-27/h10-11,15H,5-9,12H2,1-4H3,(H,23,29). The smallest absolute Gasteiger partial charge is 0.409 e. The largest absolute Gasteiger partial charge is 0.450 e. The van der Waals surface area contributed by atoms with Crippen LogP contribution in [-0.4, -0.2) is 80.1 Å². The van der Waals surface area contributed by atoms with Crippen LogP contribution in [0, 0.1) is 13.8 Å². The quantitative estimate of drug-likeness (QED) is 0.696. The fraction of sp³-hybridized carbons (Fsp3) is 0.550. The SMILES string of the molecule is CCOC(=O)N1CCN(C(=O)C(C)n2cc(NC(=O)Cn3ncc(Cl)c3C)c(C)n2)CC1. The van der Waals surface area contributed by atoms with Gasteiger partial charge in [0.2, 0.25) is 11.8 Å². The van der Waals surface area contributed by atoms with E-state index in [9.17, 15) is 14.4 Å². The molecule has 1 aliphatic rings.